The monoisotopic (exact) mass is 385 g/mol. The van der Waals surface area contributed by atoms with E-state index < -0.39 is 0 Å². The van der Waals surface area contributed by atoms with Crippen LogP contribution in [-0.4, -0.2) is 73.3 Å². The van der Waals surface area contributed by atoms with Crippen LogP contribution in [-0.2, 0) is 11.2 Å². The van der Waals surface area contributed by atoms with Gasteiger partial charge in [0.25, 0.3) is 5.91 Å². The summed E-state index contributed by atoms with van der Waals surface area (Å²) in [6.07, 6.45) is 5.65. The lowest BCUT2D eigenvalue weighted by molar-refractivity contribution is -0.139. The number of carbonyl (C=O) groups is 2. The number of nitrogens with zero attached hydrogens (tertiary/aromatic N) is 3. The molecule has 0 bridgehead atoms. The van der Waals surface area contributed by atoms with E-state index in [0.29, 0.717) is 12.3 Å². The molecule has 5 heteroatoms. The molecule has 0 aromatic heterocycles. The summed E-state index contributed by atoms with van der Waals surface area (Å²) >= 11 is 0. The van der Waals surface area contributed by atoms with Gasteiger partial charge in [0.1, 0.15) is 0 Å². The van der Waals surface area contributed by atoms with Crippen molar-refractivity contribution in [1.82, 2.24) is 14.7 Å². The Bertz CT molecular complexity index is 676. The maximum atomic E-state index is 12.8. The van der Waals surface area contributed by atoms with Crippen LogP contribution in [0, 0.1) is 5.41 Å². The maximum absolute atomic E-state index is 12.8. The second-order valence-corrected chi connectivity index (χ2v) is 8.81. The molecule has 2 saturated heterocycles. The summed E-state index contributed by atoms with van der Waals surface area (Å²) in [6.45, 7) is 6.45. The molecular formula is C23H35N3O2. The Labute approximate surface area is 169 Å². The quantitative estimate of drug-likeness (QED) is 0.756. The van der Waals surface area contributed by atoms with Crippen LogP contribution in [0.25, 0.3) is 0 Å². The third kappa shape index (κ3) is 4.93. The summed E-state index contributed by atoms with van der Waals surface area (Å²) in [7, 11) is 4.14. The molecule has 0 N–H and O–H groups in total. The van der Waals surface area contributed by atoms with Gasteiger partial charge in [-0.1, -0.05) is 19.1 Å². The number of piperidine rings is 2. The second-order valence-electron chi connectivity index (χ2n) is 8.81. The highest BCUT2D eigenvalue weighted by atomic mass is 16.2. The summed E-state index contributed by atoms with van der Waals surface area (Å²) in [6, 6.07) is 8.02. The molecule has 28 heavy (non-hydrogen) atoms. The van der Waals surface area contributed by atoms with Crippen LogP contribution >= 0.6 is 0 Å². The molecule has 0 saturated carbocycles. The zero-order chi connectivity index (χ0) is 20.1. The largest absolute Gasteiger partial charge is 0.342 e. The minimum absolute atomic E-state index is 0.146. The third-order valence-electron chi connectivity index (χ3n) is 6.50. The predicted octanol–water partition coefficient (Wildman–Crippen LogP) is 3.05. The fraction of sp³-hybridized carbons (Fsp3) is 0.652. The number of amides is 2. The molecule has 1 aromatic rings. The van der Waals surface area contributed by atoms with Crippen molar-refractivity contribution in [1.29, 1.82) is 0 Å². The van der Waals surface area contributed by atoms with Crippen molar-refractivity contribution >= 4 is 11.8 Å². The average molecular weight is 386 g/mol. The van der Waals surface area contributed by atoms with Gasteiger partial charge in [-0.05, 0) is 75.9 Å². The molecule has 0 atom stereocenters. The zero-order valence-electron chi connectivity index (χ0n) is 17.7. The molecule has 2 fully saturated rings. The summed E-state index contributed by atoms with van der Waals surface area (Å²) in [5.41, 5.74) is 2.25. The van der Waals surface area contributed by atoms with Gasteiger partial charge in [-0.2, -0.15) is 0 Å². The highest BCUT2D eigenvalue weighted by molar-refractivity contribution is 5.94. The standard InChI is InChI=1S/C23H35N3O2/c1-4-19-6-8-20(9-7-19)22(28)25-16-12-23(13-17-25)11-10-21(27)26(18-23)15-5-14-24(2)3/h6-9H,4-5,10-18H2,1-3H3. The van der Waals surface area contributed by atoms with Gasteiger partial charge in [-0.3, -0.25) is 9.59 Å². The number of hydrogen-bond acceptors (Lipinski definition) is 3. The average Bonchev–Trinajstić information content (AvgIpc) is 2.71. The van der Waals surface area contributed by atoms with E-state index in [1.54, 1.807) is 0 Å². The van der Waals surface area contributed by atoms with Gasteiger partial charge in [0, 0.05) is 38.2 Å². The minimum Gasteiger partial charge on any atom is -0.342 e. The van der Waals surface area contributed by atoms with E-state index in [1.807, 2.05) is 17.0 Å². The fourth-order valence-corrected chi connectivity index (χ4v) is 4.54. The Morgan fingerprint density at radius 3 is 2.39 bits per heavy atom. The van der Waals surface area contributed by atoms with Crippen LogP contribution < -0.4 is 0 Å². The minimum atomic E-state index is 0.146. The van der Waals surface area contributed by atoms with Crippen molar-refractivity contribution in [2.45, 2.75) is 45.4 Å². The number of aryl methyl sites for hydroxylation is 1. The molecule has 5 nitrogen and oxygen atoms in total. The number of rotatable bonds is 6. The maximum Gasteiger partial charge on any atom is 0.253 e. The Hall–Kier alpha value is -1.88. The molecule has 2 aliphatic rings. The van der Waals surface area contributed by atoms with E-state index in [-0.39, 0.29) is 11.3 Å². The number of hydrogen-bond donors (Lipinski definition) is 0. The topological polar surface area (TPSA) is 43.9 Å². The summed E-state index contributed by atoms with van der Waals surface area (Å²) in [4.78, 5) is 31.4. The Morgan fingerprint density at radius 2 is 1.79 bits per heavy atom. The van der Waals surface area contributed by atoms with Gasteiger partial charge in [0.05, 0.1) is 0 Å². The van der Waals surface area contributed by atoms with Crippen molar-refractivity contribution < 1.29 is 9.59 Å². The summed E-state index contributed by atoms with van der Waals surface area (Å²) < 4.78 is 0. The molecule has 3 rings (SSSR count). The molecule has 0 aliphatic carbocycles. The molecule has 2 aliphatic heterocycles. The zero-order valence-corrected chi connectivity index (χ0v) is 17.7. The fourth-order valence-electron chi connectivity index (χ4n) is 4.54. The molecule has 1 aromatic carbocycles. The smallest absolute Gasteiger partial charge is 0.253 e. The lowest BCUT2D eigenvalue weighted by Gasteiger charge is -2.47. The predicted molar refractivity (Wildman–Crippen MR) is 112 cm³/mol. The first-order valence-corrected chi connectivity index (χ1v) is 10.7. The van der Waals surface area contributed by atoms with Crippen molar-refractivity contribution in [3.05, 3.63) is 35.4 Å². The van der Waals surface area contributed by atoms with Crippen LogP contribution in [0.5, 0.6) is 0 Å². The van der Waals surface area contributed by atoms with Gasteiger partial charge in [0.2, 0.25) is 5.91 Å². The van der Waals surface area contributed by atoms with Crippen LogP contribution in [0.2, 0.25) is 0 Å². The van der Waals surface area contributed by atoms with Crippen molar-refractivity contribution in [3.8, 4) is 0 Å². The first-order chi connectivity index (χ1) is 13.4. The summed E-state index contributed by atoms with van der Waals surface area (Å²) in [5.74, 6) is 0.450. The molecule has 2 amide bonds. The molecular weight excluding hydrogens is 350 g/mol. The second kappa shape index (κ2) is 9.08. The van der Waals surface area contributed by atoms with E-state index in [2.05, 4.69) is 43.0 Å². The highest BCUT2D eigenvalue weighted by Gasteiger charge is 2.41. The SMILES string of the molecule is CCc1ccc(C(=O)N2CCC3(CCC(=O)N(CCCN(C)C)C3)CC2)cc1. The van der Waals surface area contributed by atoms with Gasteiger partial charge in [0.15, 0.2) is 0 Å². The highest BCUT2D eigenvalue weighted by Crippen LogP contribution is 2.40. The Kier molecular flexibility index (Phi) is 6.76. The first-order valence-electron chi connectivity index (χ1n) is 10.7. The van der Waals surface area contributed by atoms with Crippen molar-refractivity contribution in [2.24, 2.45) is 5.41 Å². The van der Waals surface area contributed by atoms with Crippen LogP contribution in [0.15, 0.2) is 24.3 Å². The van der Waals surface area contributed by atoms with Crippen LogP contribution in [0.1, 0.15) is 54.9 Å². The Balaban J connectivity index is 1.55. The number of benzene rings is 1. The van der Waals surface area contributed by atoms with E-state index in [9.17, 15) is 9.59 Å². The Morgan fingerprint density at radius 1 is 1.11 bits per heavy atom. The van der Waals surface area contributed by atoms with E-state index in [1.165, 1.54) is 5.56 Å². The lowest BCUT2D eigenvalue weighted by atomic mass is 9.72. The van der Waals surface area contributed by atoms with Gasteiger partial charge in [-0.25, -0.2) is 0 Å². The molecule has 154 valence electrons. The van der Waals surface area contributed by atoms with E-state index in [0.717, 1.165) is 70.4 Å². The molecule has 1 spiro atoms. The van der Waals surface area contributed by atoms with Crippen molar-refractivity contribution in [2.75, 3.05) is 46.8 Å². The van der Waals surface area contributed by atoms with Gasteiger partial charge < -0.3 is 14.7 Å². The summed E-state index contributed by atoms with van der Waals surface area (Å²) in [5, 5.41) is 0. The normalized spacial score (nSPS) is 19.5. The van der Waals surface area contributed by atoms with E-state index in [4.69, 9.17) is 0 Å². The molecule has 0 unspecified atom stereocenters. The molecule has 0 radical (unpaired) electrons. The van der Waals surface area contributed by atoms with Gasteiger partial charge in [-0.15, -0.1) is 0 Å². The van der Waals surface area contributed by atoms with Gasteiger partial charge >= 0.3 is 0 Å². The third-order valence-corrected chi connectivity index (χ3v) is 6.50. The number of likely N-dealkylation sites (tertiary alicyclic amines) is 2. The van der Waals surface area contributed by atoms with Crippen molar-refractivity contribution in [3.63, 3.8) is 0 Å². The van der Waals surface area contributed by atoms with Crippen LogP contribution in [0.3, 0.4) is 0 Å². The van der Waals surface area contributed by atoms with E-state index >= 15 is 0 Å². The lowest BCUT2D eigenvalue weighted by Crippen LogP contribution is -2.52. The first kappa shape index (κ1) is 20.8. The molecule has 2 heterocycles. The van der Waals surface area contributed by atoms with Crippen LogP contribution in [0.4, 0.5) is 0 Å². The number of carbonyl (C=O) groups excluding carboxylic acids is 2.